The van der Waals surface area contributed by atoms with Crippen LogP contribution in [0.15, 0.2) is 21.7 Å². The highest BCUT2D eigenvalue weighted by molar-refractivity contribution is 5.97. The van der Waals surface area contributed by atoms with Gasteiger partial charge in [0.15, 0.2) is 5.76 Å². The van der Waals surface area contributed by atoms with Gasteiger partial charge in [0, 0.05) is 0 Å². The highest BCUT2D eigenvalue weighted by Crippen LogP contribution is 2.15. The van der Waals surface area contributed by atoms with E-state index < -0.39 is 16.7 Å². The molecule has 0 aliphatic heterocycles. The Labute approximate surface area is 95.7 Å². The molecule has 0 spiro atoms. The molecule has 0 atom stereocenters. The van der Waals surface area contributed by atoms with E-state index in [-0.39, 0.29) is 17.9 Å². The zero-order valence-corrected chi connectivity index (χ0v) is 8.84. The fourth-order valence-corrected chi connectivity index (χ4v) is 0.933. The van der Waals surface area contributed by atoms with E-state index in [1.165, 1.54) is 19.1 Å². The molecule has 1 N–H and O–H groups in total. The molecule has 0 radical (unpaired) electrons. The van der Waals surface area contributed by atoms with Crippen molar-refractivity contribution in [1.29, 1.82) is 5.26 Å². The second-order valence-corrected chi connectivity index (χ2v) is 2.96. The van der Waals surface area contributed by atoms with Crippen LogP contribution < -0.4 is 5.43 Å². The van der Waals surface area contributed by atoms with Gasteiger partial charge in [-0.05, 0) is 13.0 Å². The lowest BCUT2D eigenvalue weighted by Crippen LogP contribution is -2.18. The van der Waals surface area contributed by atoms with E-state index in [4.69, 9.17) is 9.68 Å². The monoisotopic (exact) mass is 236 g/mol. The van der Waals surface area contributed by atoms with E-state index in [0.717, 1.165) is 0 Å². The average molecular weight is 236 g/mol. The highest BCUT2D eigenvalue weighted by Gasteiger charge is 2.13. The molecule has 0 aliphatic rings. The topological polar surface area (TPSA) is 122 Å². The number of carbonyl (C=O) groups is 1. The molecule has 0 saturated carbocycles. The number of nitriles is 1. The Morgan fingerprint density at radius 2 is 2.41 bits per heavy atom. The summed E-state index contributed by atoms with van der Waals surface area (Å²) in [4.78, 5) is 20.6. The van der Waals surface area contributed by atoms with Crippen molar-refractivity contribution < 1.29 is 14.1 Å². The number of hydrogen-bond donors (Lipinski definition) is 1. The van der Waals surface area contributed by atoms with Crippen LogP contribution in [0, 0.1) is 21.4 Å². The molecular weight excluding hydrogens is 228 g/mol. The number of nitro groups is 1. The second kappa shape index (κ2) is 5.41. The predicted octanol–water partition coefficient (Wildman–Crippen LogP) is 0.942. The molecule has 1 rings (SSSR count). The zero-order valence-electron chi connectivity index (χ0n) is 8.84. The average Bonchev–Trinajstić information content (AvgIpc) is 2.75. The van der Waals surface area contributed by atoms with Gasteiger partial charge in [0.25, 0.3) is 5.91 Å². The van der Waals surface area contributed by atoms with Crippen molar-refractivity contribution in [3.05, 3.63) is 28.0 Å². The maximum atomic E-state index is 10.9. The quantitative estimate of drug-likeness (QED) is 0.473. The summed E-state index contributed by atoms with van der Waals surface area (Å²) < 4.78 is 4.85. The van der Waals surface area contributed by atoms with Gasteiger partial charge < -0.3 is 4.42 Å². The predicted molar refractivity (Wildman–Crippen MR) is 55.9 cm³/mol. The summed E-state index contributed by atoms with van der Waals surface area (Å²) in [5.74, 6) is -0.792. The smallest absolute Gasteiger partial charge is 0.399 e. The molecule has 8 nitrogen and oxygen atoms in total. The summed E-state index contributed by atoms with van der Waals surface area (Å²) in [5, 5.41) is 22.2. The van der Waals surface area contributed by atoms with E-state index in [2.05, 4.69) is 10.5 Å². The molecule has 0 aromatic carbocycles. The SMILES string of the molecule is C/C(=N/NC(=O)CC#N)c1ccc([N+](=O)[O-])o1. The zero-order chi connectivity index (χ0) is 12.8. The summed E-state index contributed by atoms with van der Waals surface area (Å²) in [6.45, 7) is 1.51. The summed E-state index contributed by atoms with van der Waals surface area (Å²) in [7, 11) is 0. The van der Waals surface area contributed by atoms with E-state index in [0.29, 0.717) is 0 Å². The van der Waals surface area contributed by atoms with Gasteiger partial charge in [-0.15, -0.1) is 0 Å². The van der Waals surface area contributed by atoms with Crippen LogP contribution in [-0.4, -0.2) is 16.5 Å². The molecule has 1 amide bonds. The molecule has 1 aromatic rings. The maximum Gasteiger partial charge on any atom is 0.433 e. The Balaban J connectivity index is 2.72. The number of carbonyl (C=O) groups excluding carboxylic acids is 1. The molecule has 1 aromatic heterocycles. The minimum atomic E-state index is -0.676. The molecule has 0 bridgehead atoms. The third-order valence-corrected chi connectivity index (χ3v) is 1.72. The standard InChI is InChI=1S/C9H8N4O4/c1-6(11-12-8(14)4-5-10)7-2-3-9(17-7)13(15)16/h2-3H,4H2,1H3,(H,12,14)/b11-6-. The number of furan rings is 1. The van der Waals surface area contributed by atoms with E-state index in [9.17, 15) is 14.9 Å². The van der Waals surface area contributed by atoms with Gasteiger partial charge in [-0.1, -0.05) is 0 Å². The Hall–Kier alpha value is -2.69. The van der Waals surface area contributed by atoms with Crippen molar-refractivity contribution >= 4 is 17.5 Å². The van der Waals surface area contributed by atoms with Crippen LogP contribution in [0.1, 0.15) is 19.1 Å². The van der Waals surface area contributed by atoms with Crippen LogP contribution in [0.2, 0.25) is 0 Å². The minimum Gasteiger partial charge on any atom is -0.399 e. The van der Waals surface area contributed by atoms with Crippen molar-refractivity contribution in [3.63, 3.8) is 0 Å². The molecule has 0 fully saturated rings. The first-order valence-electron chi connectivity index (χ1n) is 4.49. The van der Waals surface area contributed by atoms with E-state index >= 15 is 0 Å². The first-order valence-corrected chi connectivity index (χ1v) is 4.49. The van der Waals surface area contributed by atoms with Crippen LogP contribution in [0.3, 0.4) is 0 Å². The van der Waals surface area contributed by atoms with Crippen LogP contribution >= 0.6 is 0 Å². The van der Waals surface area contributed by atoms with Gasteiger partial charge in [0.05, 0.1) is 12.1 Å². The Morgan fingerprint density at radius 1 is 1.71 bits per heavy atom. The van der Waals surface area contributed by atoms with Crippen molar-refractivity contribution in [2.24, 2.45) is 5.10 Å². The largest absolute Gasteiger partial charge is 0.433 e. The Morgan fingerprint density at radius 3 is 2.94 bits per heavy atom. The van der Waals surface area contributed by atoms with Crippen LogP contribution in [0.5, 0.6) is 0 Å². The van der Waals surface area contributed by atoms with Gasteiger partial charge in [-0.3, -0.25) is 14.9 Å². The molecule has 8 heteroatoms. The third-order valence-electron chi connectivity index (χ3n) is 1.72. The number of nitrogens with one attached hydrogen (secondary N) is 1. The minimum absolute atomic E-state index is 0.175. The maximum absolute atomic E-state index is 10.9. The number of hydrogen-bond acceptors (Lipinski definition) is 6. The summed E-state index contributed by atoms with van der Waals surface area (Å²) in [6, 6.07) is 4.21. The first kappa shape index (κ1) is 12.4. The molecule has 0 aliphatic carbocycles. The normalized spacial score (nSPS) is 10.7. The molecule has 17 heavy (non-hydrogen) atoms. The second-order valence-electron chi connectivity index (χ2n) is 2.96. The number of rotatable bonds is 4. The van der Waals surface area contributed by atoms with Crippen LogP contribution in [0.4, 0.5) is 5.88 Å². The molecule has 1 heterocycles. The lowest BCUT2D eigenvalue weighted by molar-refractivity contribution is -0.402. The Bertz CT molecular complexity index is 511. The third kappa shape index (κ3) is 3.42. The van der Waals surface area contributed by atoms with E-state index in [1.807, 2.05) is 0 Å². The van der Waals surface area contributed by atoms with E-state index in [1.54, 1.807) is 6.07 Å². The number of hydrazone groups is 1. The highest BCUT2D eigenvalue weighted by atomic mass is 16.6. The fraction of sp³-hybridized carbons (Fsp3) is 0.222. The summed E-state index contributed by atoms with van der Waals surface area (Å²) in [6.07, 6.45) is -0.310. The lowest BCUT2D eigenvalue weighted by Gasteiger charge is -1.96. The van der Waals surface area contributed by atoms with Crippen molar-refractivity contribution in [1.82, 2.24) is 5.43 Å². The van der Waals surface area contributed by atoms with Gasteiger partial charge >= 0.3 is 5.88 Å². The van der Waals surface area contributed by atoms with Gasteiger partial charge in [0.2, 0.25) is 0 Å². The van der Waals surface area contributed by atoms with Crippen molar-refractivity contribution in [3.8, 4) is 6.07 Å². The molecule has 88 valence electrons. The lowest BCUT2D eigenvalue weighted by atomic mass is 10.3. The van der Waals surface area contributed by atoms with Crippen molar-refractivity contribution in [2.75, 3.05) is 0 Å². The Kier molecular flexibility index (Phi) is 3.94. The molecule has 0 saturated heterocycles. The van der Waals surface area contributed by atoms with Crippen molar-refractivity contribution in [2.45, 2.75) is 13.3 Å². The fourth-order valence-electron chi connectivity index (χ4n) is 0.933. The van der Waals surface area contributed by atoms with Gasteiger partial charge in [-0.25, -0.2) is 5.43 Å². The van der Waals surface area contributed by atoms with Crippen LogP contribution in [-0.2, 0) is 4.79 Å². The van der Waals surface area contributed by atoms with Gasteiger partial charge in [0.1, 0.15) is 17.1 Å². The van der Waals surface area contributed by atoms with Gasteiger partial charge in [-0.2, -0.15) is 10.4 Å². The summed E-state index contributed by atoms with van der Waals surface area (Å²) in [5.41, 5.74) is 2.38. The first-order chi connectivity index (χ1) is 8.04. The molecule has 0 unspecified atom stereocenters. The summed E-state index contributed by atoms with van der Waals surface area (Å²) >= 11 is 0. The number of nitrogens with zero attached hydrogens (tertiary/aromatic N) is 3. The molecular formula is C9H8N4O4. The number of amides is 1. The van der Waals surface area contributed by atoms with Crippen LogP contribution in [0.25, 0.3) is 0 Å².